The van der Waals surface area contributed by atoms with E-state index >= 15 is 0 Å². The first-order chi connectivity index (χ1) is 14.1. The smallest absolute Gasteiger partial charge is 0.0450 e. The van der Waals surface area contributed by atoms with E-state index in [1.807, 2.05) is 0 Å². The lowest BCUT2D eigenvalue weighted by Crippen LogP contribution is -2.26. The molecule has 0 aromatic carbocycles. The molecular weight excluding hydrogens is 400 g/mol. The van der Waals surface area contributed by atoms with Gasteiger partial charge >= 0.3 is 0 Å². The first-order valence-electron chi connectivity index (χ1n) is 12.6. The molecule has 3 heteroatoms. The molecular formula is C27H47NP2. The summed E-state index contributed by atoms with van der Waals surface area (Å²) < 4.78 is 0. The average molecular weight is 448 g/mol. The summed E-state index contributed by atoms with van der Waals surface area (Å²) in [6, 6.07) is 6.96. The van der Waals surface area contributed by atoms with Crippen molar-refractivity contribution in [2.45, 2.75) is 140 Å². The Balaban J connectivity index is 1.77. The molecule has 170 valence electrons. The molecule has 0 unspecified atom stereocenters. The maximum Gasteiger partial charge on any atom is 0.0450 e. The molecule has 1 heterocycles. The molecule has 0 aliphatic heterocycles. The Morgan fingerprint density at radius 2 is 1.13 bits per heavy atom. The highest BCUT2D eigenvalue weighted by atomic mass is 31.1. The molecule has 2 aliphatic carbocycles. The number of nitrogens with zero attached hydrogens (tertiary/aromatic N) is 1. The van der Waals surface area contributed by atoms with Crippen LogP contribution < -0.4 is 0 Å². The van der Waals surface area contributed by atoms with Crippen LogP contribution in [0.2, 0.25) is 0 Å². The minimum Gasteiger partial charge on any atom is -0.257 e. The molecule has 0 N–H and O–H groups in total. The van der Waals surface area contributed by atoms with Gasteiger partial charge in [-0.2, -0.15) is 0 Å². The summed E-state index contributed by atoms with van der Waals surface area (Å²) in [7, 11) is -0.0416. The van der Waals surface area contributed by atoms with Crippen LogP contribution in [0.25, 0.3) is 0 Å². The zero-order valence-corrected chi connectivity index (χ0v) is 22.5. The van der Waals surface area contributed by atoms with E-state index in [2.05, 4.69) is 59.7 Å². The molecule has 2 saturated carbocycles. The van der Waals surface area contributed by atoms with Gasteiger partial charge in [0.1, 0.15) is 0 Å². The van der Waals surface area contributed by atoms with Gasteiger partial charge in [0.15, 0.2) is 0 Å². The minimum atomic E-state index is -0.133. The van der Waals surface area contributed by atoms with Crippen molar-refractivity contribution < 1.29 is 0 Å². The Bertz CT molecular complexity index is 614. The van der Waals surface area contributed by atoms with Crippen molar-refractivity contribution >= 4 is 15.8 Å². The van der Waals surface area contributed by atoms with Crippen LogP contribution in [0.1, 0.15) is 117 Å². The van der Waals surface area contributed by atoms with Gasteiger partial charge in [-0.25, -0.2) is 0 Å². The molecule has 2 fully saturated rings. The highest BCUT2D eigenvalue weighted by Crippen LogP contribution is 2.61. The molecule has 3 rings (SSSR count). The monoisotopic (exact) mass is 447 g/mol. The van der Waals surface area contributed by atoms with E-state index < -0.39 is 0 Å². The predicted octanol–water partition coefficient (Wildman–Crippen LogP) is 9.31. The van der Waals surface area contributed by atoms with Crippen LogP contribution in [0.4, 0.5) is 0 Å². The van der Waals surface area contributed by atoms with Gasteiger partial charge in [-0.15, -0.1) is 0 Å². The number of hydrogen-bond donors (Lipinski definition) is 0. The van der Waals surface area contributed by atoms with E-state index in [9.17, 15) is 0 Å². The van der Waals surface area contributed by atoms with E-state index in [0.29, 0.717) is 10.3 Å². The van der Waals surface area contributed by atoms with Crippen LogP contribution in [0.15, 0.2) is 18.2 Å². The van der Waals surface area contributed by atoms with Gasteiger partial charge in [0.25, 0.3) is 0 Å². The van der Waals surface area contributed by atoms with E-state index in [4.69, 9.17) is 4.98 Å². The molecule has 0 spiro atoms. The molecule has 2 aliphatic rings. The maximum absolute atomic E-state index is 5.30. The number of aromatic nitrogens is 1. The summed E-state index contributed by atoms with van der Waals surface area (Å²) in [6.07, 6.45) is 17.3. The van der Waals surface area contributed by atoms with Crippen LogP contribution in [0.3, 0.4) is 0 Å². The first kappa shape index (κ1) is 24.6. The summed E-state index contributed by atoms with van der Waals surface area (Å²) in [5.74, 6) is 0. The normalized spacial score (nSPS) is 20.3. The van der Waals surface area contributed by atoms with Crippen LogP contribution in [-0.2, 0) is 12.3 Å². The van der Waals surface area contributed by atoms with Crippen molar-refractivity contribution in [1.29, 1.82) is 0 Å². The van der Waals surface area contributed by atoms with Gasteiger partial charge in [-0.05, 0) is 59.4 Å². The maximum atomic E-state index is 5.30. The fourth-order valence-corrected chi connectivity index (χ4v) is 13.1. The van der Waals surface area contributed by atoms with Gasteiger partial charge in [-0.1, -0.05) is 102 Å². The minimum absolute atomic E-state index is 0.0916. The number of hydrogen-bond acceptors (Lipinski definition) is 1. The molecule has 0 radical (unpaired) electrons. The Morgan fingerprint density at radius 3 is 1.57 bits per heavy atom. The van der Waals surface area contributed by atoms with Gasteiger partial charge in [-0.3, -0.25) is 4.98 Å². The summed E-state index contributed by atoms with van der Waals surface area (Å²) in [4.78, 5) is 5.30. The number of rotatable bonds is 6. The second-order valence-electron chi connectivity index (χ2n) is 11.8. The fraction of sp³-hybridized carbons (Fsp3) is 0.815. The lowest BCUT2D eigenvalue weighted by Gasteiger charge is -2.41. The second kappa shape index (κ2) is 10.8. The van der Waals surface area contributed by atoms with Crippen LogP contribution in [0.5, 0.6) is 0 Å². The molecule has 1 aromatic heterocycles. The Hall–Kier alpha value is 0.01000. The zero-order chi connectivity index (χ0) is 21.8. The third-order valence-corrected chi connectivity index (χ3v) is 14.7. The summed E-state index contributed by atoms with van der Waals surface area (Å²) in [6.45, 7) is 14.6. The molecule has 0 amide bonds. The molecule has 0 bridgehead atoms. The van der Waals surface area contributed by atoms with E-state index in [-0.39, 0.29) is 15.8 Å². The standard InChI is InChI=1S/C27H47NP2/c1-26(2,3)30(27(4,5)6)21-23-15-13-14-22(28-23)20-29(24-16-9-7-10-17-24)25-18-11-8-12-19-25/h13-15,24-25H,7-12,16-21H2,1-6H3. The first-order valence-corrected chi connectivity index (χ1v) is 15.8. The third kappa shape index (κ3) is 7.01. The van der Waals surface area contributed by atoms with E-state index in [1.165, 1.54) is 87.9 Å². The predicted molar refractivity (Wildman–Crippen MR) is 139 cm³/mol. The van der Waals surface area contributed by atoms with Crippen molar-refractivity contribution in [2.24, 2.45) is 0 Å². The number of pyridine rings is 1. The van der Waals surface area contributed by atoms with E-state index in [0.717, 1.165) is 11.3 Å². The van der Waals surface area contributed by atoms with Crippen molar-refractivity contribution in [3.63, 3.8) is 0 Å². The summed E-state index contributed by atoms with van der Waals surface area (Å²) in [5, 5.41) is 0.726. The SMILES string of the molecule is CC(C)(C)P(Cc1cccc(CP(C2CCCCC2)C2CCCCC2)n1)C(C)(C)C. The van der Waals surface area contributed by atoms with Gasteiger partial charge in [0.05, 0.1) is 0 Å². The molecule has 1 aromatic rings. The van der Waals surface area contributed by atoms with Crippen molar-refractivity contribution in [1.82, 2.24) is 4.98 Å². The van der Waals surface area contributed by atoms with Crippen molar-refractivity contribution in [3.8, 4) is 0 Å². The van der Waals surface area contributed by atoms with E-state index in [1.54, 1.807) is 0 Å². The lowest BCUT2D eigenvalue weighted by atomic mass is 9.99. The highest BCUT2D eigenvalue weighted by Gasteiger charge is 2.35. The Kier molecular flexibility index (Phi) is 8.83. The van der Waals surface area contributed by atoms with Crippen molar-refractivity contribution in [3.05, 3.63) is 29.6 Å². The molecule has 0 saturated heterocycles. The average Bonchev–Trinajstić information content (AvgIpc) is 2.70. The largest absolute Gasteiger partial charge is 0.257 e. The van der Waals surface area contributed by atoms with Gasteiger partial charge in [0.2, 0.25) is 0 Å². The topological polar surface area (TPSA) is 12.9 Å². The lowest BCUT2D eigenvalue weighted by molar-refractivity contribution is 0.483. The Morgan fingerprint density at radius 1 is 0.700 bits per heavy atom. The fourth-order valence-electron chi connectivity index (χ4n) is 5.92. The van der Waals surface area contributed by atoms with Gasteiger partial charge in [0, 0.05) is 23.7 Å². The molecule has 0 atom stereocenters. The molecule has 30 heavy (non-hydrogen) atoms. The Labute approximate surface area is 190 Å². The second-order valence-corrected chi connectivity index (χ2v) is 18.5. The zero-order valence-electron chi connectivity index (χ0n) is 20.7. The van der Waals surface area contributed by atoms with Gasteiger partial charge < -0.3 is 0 Å². The molecule has 1 nitrogen and oxygen atoms in total. The van der Waals surface area contributed by atoms with Crippen molar-refractivity contribution in [2.75, 3.05) is 0 Å². The van der Waals surface area contributed by atoms with Crippen LogP contribution >= 0.6 is 15.8 Å². The summed E-state index contributed by atoms with van der Waals surface area (Å²) >= 11 is 0. The highest BCUT2D eigenvalue weighted by molar-refractivity contribution is 7.60. The third-order valence-electron chi connectivity index (χ3n) is 7.24. The van der Waals surface area contributed by atoms with Crippen LogP contribution in [0, 0.1) is 0 Å². The quantitative estimate of drug-likeness (QED) is 0.396. The van der Waals surface area contributed by atoms with Crippen LogP contribution in [-0.4, -0.2) is 26.6 Å². The summed E-state index contributed by atoms with van der Waals surface area (Å²) in [5.41, 5.74) is 4.80.